The minimum Gasteiger partial charge on any atom is -0.326 e. The zero-order valence-electron chi connectivity index (χ0n) is 12.4. The number of likely N-dealkylation sites (tertiary alicyclic amines) is 1. The Morgan fingerprint density at radius 1 is 1.45 bits per heavy atom. The second-order valence-electron chi connectivity index (χ2n) is 6.18. The Labute approximate surface area is 120 Å². The molecule has 2 N–H and O–H groups in total. The van der Waals surface area contributed by atoms with E-state index in [2.05, 4.69) is 47.7 Å². The number of imidazole rings is 1. The van der Waals surface area contributed by atoms with Gasteiger partial charge in [-0.25, -0.2) is 4.98 Å². The second-order valence-corrected chi connectivity index (χ2v) is 6.18. The molecule has 1 unspecified atom stereocenters. The SMILES string of the molecule is CC(C)N1CCC(Cc2cn3ccc(CN)cc3n2)C1. The molecule has 3 rings (SSSR count). The Kier molecular flexibility index (Phi) is 3.76. The molecular formula is C16H24N4. The van der Waals surface area contributed by atoms with Crippen molar-refractivity contribution in [3.8, 4) is 0 Å². The Balaban J connectivity index is 1.72. The standard InChI is InChI=1S/C16H24N4/c1-12(2)19-5-4-14(10-19)7-15-11-20-6-3-13(9-17)8-16(20)18-15/h3,6,8,11-12,14H,4-5,7,9-10,17H2,1-2H3. The number of nitrogens with zero attached hydrogens (tertiary/aromatic N) is 3. The summed E-state index contributed by atoms with van der Waals surface area (Å²) < 4.78 is 2.10. The number of rotatable bonds is 4. The van der Waals surface area contributed by atoms with Crippen molar-refractivity contribution in [2.45, 2.75) is 39.3 Å². The lowest BCUT2D eigenvalue weighted by molar-refractivity contribution is 0.265. The lowest BCUT2D eigenvalue weighted by Gasteiger charge is -2.19. The topological polar surface area (TPSA) is 46.6 Å². The maximum absolute atomic E-state index is 5.68. The van der Waals surface area contributed by atoms with E-state index in [-0.39, 0.29) is 0 Å². The molecule has 0 spiro atoms. The van der Waals surface area contributed by atoms with Gasteiger partial charge in [0.05, 0.1) is 5.69 Å². The molecule has 20 heavy (non-hydrogen) atoms. The van der Waals surface area contributed by atoms with Crippen LogP contribution < -0.4 is 5.73 Å². The molecule has 0 bridgehead atoms. The van der Waals surface area contributed by atoms with Gasteiger partial charge in [-0.05, 0) is 56.8 Å². The molecule has 1 aliphatic rings. The van der Waals surface area contributed by atoms with Crippen molar-refractivity contribution in [2.75, 3.05) is 13.1 Å². The van der Waals surface area contributed by atoms with Gasteiger partial charge in [0.25, 0.3) is 0 Å². The first kappa shape index (κ1) is 13.6. The van der Waals surface area contributed by atoms with Crippen LogP contribution in [-0.2, 0) is 13.0 Å². The summed E-state index contributed by atoms with van der Waals surface area (Å²) in [7, 11) is 0. The molecule has 0 aromatic carbocycles. The van der Waals surface area contributed by atoms with E-state index in [0.29, 0.717) is 12.6 Å². The van der Waals surface area contributed by atoms with Crippen LogP contribution in [0.4, 0.5) is 0 Å². The van der Waals surface area contributed by atoms with Crippen LogP contribution in [0.5, 0.6) is 0 Å². The van der Waals surface area contributed by atoms with Crippen molar-refractivity contribution in [2.24, 2.45) is 11.7 Å². The number of fused-ring (bicyclic) bond motifs is 1. The minimum atomic E-state index is 0.574. The molecule has 0 saturated carbocycles. The number of nitrogens with two attached hydrogens (primary N) is 1. The average Bonchev–Trinajstić information content (AvgIpc) is 3.04. The van der Waals surface area contributed by atoms with Crippen molar-refractivity contribution < 1.29 is 0 Å². The summed E-state index contributed by atoms with van der Waals surface area (Å²) in [6.45, 7) is 7.57. The van der Waals surface area contributed by atoms with Gasteiger partial charge < -0.3 is 15.0 Å². The quantitative estimate of drug-likeness (QED) is 0.927. The normalized spacial score (nSPS) is 20.3. The van der Waals surface area contributed by atoms with Gasteiger partial charge in [0, 0.05) is 31.5 Å². The van der Waals surface area contributed by atoms with E-state index in [4.69, 9.17) is 10.7 Å². The van der Waals surface area contributed by atoms with Crippen molar-refractivity contribution >= 4 is 5.65 Å². The summed E-state index contributed by atoms with van der Waals surface area (Å²) in [4.78, 5) is 7.31. The fraction of sp³-hybridized carbons (Fsp3) is 0.562. The number of pyridine rings is 1. The molecule has 4 heteroatoms. The molecule has 2 aromatic heterocycles. The molecule has 2 aromatic rings. The fourth-order valence-electron chi connectivity index (χ4n) is 3.10. The van der Waals surface area contributed by atoms with Crippen LogP contribution in [0.1, 0.15) is 31.5 Å². The molecule has 108 valence electrons. The molecule has 1 aliphatic heterocycles. The minimum absolute atomic E-state index is 0.574. The lowest BCUT2D eigenvalue weighted by Crippen LogP contribution is -2.28. The molecule has 0 amide bonds. The van der Waals surface area contributed by atoms with Crippen molar-refractivity contribution in [1.29, 1.82) is 0 Å². The van der Waals surface area contributed by atoms with Crippen LogP contribution in [0.15, 0.2) is 24.5 Å². The lowest BCUT2D eigenvalue weighted by atomic mass is 10.0. The third kappa shape index (κ3) is 2.72. The summed E-state index contributed by atoms with van der Waals surface area (Å²) in [6.07, 6.45) is 6.60. The Morgan fingerprint density at radius 3 is 3.00 bits per heavy atom. The van der Waals surface area contributed by atoms with Crippen LogP contribution in [0, 0.1) is 5.92 Å². The average molecular weight is 272 g/mol. The smallest absolute Gasteiger partial charge is 0.137 e. The van der Waals surface area contributed by atoms with Gasteiger partial charge in [-0.2, -0.15) is 0 Å². The highest BCUT2D eigenvalue weighted by Gasteiger charge is 2.24. The Morgan fingerprint density at radius 2 is 2.30 bits per heavy atom. The van der Waals surface area contributed by atoms with Crippen LogP contribution >= 0.6 is 0 Å². The second kappa shape index (κ2) is 5.54. The largest absolute Gasteiger partial charge is 0.326 e. The van der Waals surface area contributed by atoms with Crippen molar-refractivity contribution in [3.05, 3.63) is 35.8 Å². The summed E-state index contributed by atoms with van der Waals surface area (Å²) in [5, 5.41) is 0. The molecule has 1 fully saturated rings. The van der Waals surface area contributed by atoms with Gasteiger partial charge >= 0.3 is 0 Å². The highest BCUT2D eigenvalue weighted by atomic mass is 15.2. The zero-order chi connectivity index (χ0) is 14.1. The predicted octanol–water partition coefficient (Wildman–Crippen LogP) is 2.07. The van der Waals surface area contributed by atoms with E-state index in [9.17, 15) is 0 Å². The van der Waals surface area contributed by atoms with Gasteiger partial charge in [0.2, 0.25) is 0 Å². The third-order valence-electron chi connectivity index (χ3n) is 4.36. The maximum atomic E-state index is 5.68. The monoisotopic (exact) mass is 272 g/mol. The van der Waals surface area contributed by atoms with E-state index in [1.165, 1.54) is 25.2 Å². The van der Waals surface area contributed by atoms with E-state index >= 15 is 0 Å². The fourth-order valence-corrected chi connectivity index (χ4v) is 3.10. The Bertz CT molecular complexity index is 587. The van der Waals surface area contributed by atoms with Gasteiger partial charge in [-0.15, -0.1) is 0 Å². The molecule has 0 radical (unpaired) electrons. The first-order valence-corrected chi connectivity index (χ1v) is 7.56. The maximum Gasteiger partial charge on any atom is 0.137 e. The van der Waals surface area contributed by atoms with Crippen molar-refractivity contribution in [3.63, 3.8) is 0 Å². The summed E-state index contributed by atoms with van der Waals surface area (Å²) in [5.41, 5.74) is 9.04. The molecule has 1 saturated heterocycles. The van der Waals surface area contributed by atoms with Crippen LogP contribution in [0.2, 0.25) is 0 Å². The molecule has 4 nitrogen and oxygen atoms in total. The van der Waals surface area contributed by atoms with Gasteiger partial charge in [0.15, 0.2) is 0 Å². The van der Waals surface area contributed by atoms with E-state index in [1.54, 1.807) is 0 Å². The number of hydrogen-bond donors (Lipinski definition) is 1. The predicted molar refractivity (Wildman–Crippen MR) is 81.6 cm³/mol. The zero-order valence-corrected chi connectivity index (χ0v) is 12.4. The number of hydrogen-bond acceptors (Lipinski definition) is 3. The highest BCUT2D eigenvalue weighted by Crippen LogP contribution is 2.22. The first-order valence-electron chi connectivity index (χ1n) is 7.56. The molecular weight excluding hydrogens is 248 g/mol. The van der Waals surface area contributed by atoms with Gasteiger partial charge in [0.1, 0.15) is 5.65 Å². The summed E-state index contributed by atoms with van der Waals surface area (Å²) in [5.74, 6) is 0.747. The number of aromatic nitrogens is 2. The summed E-state index contributed by atoms with van der Waals surface area (Å²) >= 11 is 0. The van der Waals surface area contributed by atoms with Gasteiger partial charge in [-0.1, -0.05) is 0 Å². The Hall–Kier alpha value is -1.39. The van der Waals surface area contributed by atoms with Crippen molar-refractivity contribution in [1.82, 2.24) is 14.3 Å². The van der Waals surface area contributed by atoms with E-state index in [1.807, 2.05) is 0 Å². The van der Waals surface area contributed by atoms with Crippen LogP contribution in [0.25, 0.3) is 5.65 Å². The third-order valence-corrected chi connectivity index (χ3v) is 4.36. The highest BCUT2D eigenvalue weighted by molar-refractivity contribution is 5.43. The summed E-state index contributed by atoms with van der Waals surface area (Å²) in [6, 6.07) is 4.81. The van der Waals surface area contributed by atoms with E-state index < -0.39 is 0 Å². The molecule has 3 heterocycles. The first-order chi connectivity index (χ1) is 9.65. The van der Waals surface area contributed by atoms with E-state index in [0.717, 1.165) is 23.5 Å². The van der Waals surface area contributed by atoms with Gasteiger partial charge in [-0.3, -0.25) is 0 Å². The van der Waals surface area contributed by atoms with Crippen LogP contribution in [0.3, 0.4) is 0 Å². The molecule has 0 aliphatic carbocycles. The van der Waals surface area contributed by atoms with Crippen LogP contribution in [-0.4, -0.2) is 33.4 Å². The molecule has 1 atom stereocenters.